The van der Waals surface area contributed by atoms with E-state index in [-0.39, 0.29) is 25.0 Å². The van der Waals surface area contributed by atoms with Crippen molar-refractivity contribution in [2.45, 2.75) is 20.3 Å². The molecule has 0 aliphatic rings. The van der Waals surface area contributed by atoms with Crippen molar-refractivity contribution in [2.24, 2.45) is 0 Å². The molecule has 0 unspecified atom stereocenters. The van der Waals surface area contributed by atoms with E-state index in [0.29, 0.717) is 28.0 Å². The molecule has 164 valence electrons. The number of aryl methyl sites for hydroxylation is 1. The zero-order valence-electron chi connectivity index (χ0n) is 17.0. The summed E-state index contributed by atoms with van der Waals surface area (Å²) in [5, 5.41) is 7.59. The lowest BCUT2D eigenvalue weighted by Gasteiger charge is -2.07. The summed E-state index contributed by atoms with van der Waals surface area (Å²) >= 11 is 9.34. The molecule has 0 fully saturated rings. The van der Waals surface area contributed by atoms with Crippen molar-refractivity contribution < 1.29 is 18.7 Å². The predicted molar refractivity (Wildman–Crippen MR) is 124 cm³/mol. The van der Waals surface area contributed by atoms with Crippen LogP contribution in [0.3, 0.4) is 0 Å². The van der Waals surface area contributed by atoms with Crippen LogP contribution in [0.5, 0.6) is 11.5 Å². The van der Waals surface area contributed by atoms with Gasteiger partial charge in [0.05, 0.1) is 18.1 Å². The van der Waals surface area contributed by atoms with E-state index in [0.717, 1.165) is 10.0 Å². The van der Waals surface area contributed by atoms with E-state index in [1.807, 2.05) is 37.3 Å². The minimum atomic E-state index is -0.382. The van der Waals surface area contributed by atoms with E-state index in [1.165, 1.54) is 0 Å². The first-order chi connectivity index (χ1) is 15.5. The second-order valence-electron chi connectivity index (χ2n) is 6.91. The molecule has 0 aliphatic carbocycles. The van der Waals surface area contributed by atoms with E-state index < -0.39 is 0 Å². The number of nitrogens with one attached hydrogen (secondary N) is 1. The fraction of sp³-hybridized carbons (Fsp3) is 0.130. The molecule has 2 aromatic heterocycles. The molecular weight excluding hydrogens is 498 g/mol. The van der Waals surface area contributed by atoms with Crippen molar-refractivity contribution >= 4 is 39.1 Å². The zero-order valence-corrected chi connectivity index (χ0v) is 19.4. The van der Waals surface area contributed by atoms with Crippen molar-refractivity contribution in [1.29, 1.82) is 0 Å². The normalized spacial score (nSPS) is 10.7. The van der Waals surface area contributed by atoms with E-state index in [4.69, 9.17) is 25.5 Å². The molecule has 0 saturated heterocycles. The molecule has 0 bridgehead atoms. The molecule has 0 aliphatic heterocycles. The van der Waals surface area contributed by atoms with Gasteiger partial charge in [0.2, 0.25) is 0 Å². The van der Waals surface area contributed by atoms with Gasteiger partial charge in [0, 0.05) is 9.50 Å². The number of ether oxygens (including phenoxy) is 2. The highest BCUT2D eigenvalue weighted by molar-refractivity contribution is 9.10. The van der Waals surface area contributed by atoms with Crippen molar-refractivity contribution in [3.05, 3.63) is 93.6 Å². The van der Waals surface area contributed by atoms with Gasteiger partial charge in [-0.15, -0.1) is 0 Å². The van der Waals surface area contributed by atoms with Gasteiger partial charge in [-0.1, -0.05) is 27.5 Å². The van der Waals surface area contributed by atoms with Gasteiger partial charge in [0.1, 0.15) is 23.9 Å². The fourth-order valence-corrected chi connectivity index (χ4v) is 3.36. The van der Waals surface area contributed by atoms with Crippen molar-refractivity contribution in [1.82, 2.24) is 9.78 Å². The maximum atomic E-state index is 12.5. The Balaban J connectivity index is 1.29. The van der Waals surface area contributed by atoms with Gasteiger partial charge < -0.3 is 19.2 Å². The van der Waals surface area contributed by atoms with Crippen LogP contribution < -0.4 is 14.8 Å². The van der Waals surface area contributed by atoms with E-state index in [9.17, 15) is 4.79 Å². The van der Waals surface area contributed by atoms with E-state index in [2.05, 4.69) is 26.3 Å². The van der Waals surface area contributed by atoms with Gasteiger partial charge in [-0.05, 0) is 67.1 Å². The van der Waals surface area contributed by atoms with Crippen LogP contribution in [-0.4, -0.2) is 15.7 Å². The number of carbonyl (C=O) groups is 1. The number of hydrogen-bond donors (Lipinski definition) is 1. The molecule has 4 rings (SSSR count). The quantitative estimate of drug-likeness (QED) is 0.308. The lowest BCUT2D eigenvalue weighted by molar-refractivity contribution is 0.0992. The Bertz CT molecular complexity index is 1220. The van der Waals surface area contributed by atoms with Gasteiger partial charge in [-0.2, -0.15) is 5.10 Å². The largest absolute Gasteiger partial charge is 0.485 e. The number of halogens is 2. The Morgan fingerprint density at radius 1 is 1.16 bits per heavy atom. The molecule has 0 atom stereocenters. The monoisotopic (exact) mass is 515 g/mol. The molecule has 1 amide bonds. The van der Waals surface area contributed by atoms with E-state index >= 15 is 0 Å². The minimum Gasteiger partial charge on any atom is -0.485 e. The Hall–Kier alpha value is -3.23. The molecular formula is C23H19BrClN3O4. The van der Waals surface area contributed by atoms with Gasteiger partial charge in [-0.3, -0.25) is 4.79 Å². The summed E-state index contributed by atoms with van der Waals surface area (Å²) < 4.78 is 19.6. The van der Waals surface area contributed by atoms with Crippen LogP contribution in [0.25, 0.3) is 0 Å². The number of anilines is 1. The highest BCUT2D eigenvalue weighted by atomic mass is 79.9. The average molecular weight is 517 g/mol. The third-order valence-electron chi connectivity index (χ3n) is 4.46. The topological polar surface area (TPSA) is 78.5 Å². The van der Waals surface area contributed by atoms with E-state index in [1.54, 1.807) is 41.3 Å². The van der Waals surface area contributed by atoms with Crippen LogP contribution in [-0.2, 0) is 13.3 Å². The third kappa shape index (κ3) is 5.72. The van der Waals surface area contributed by atoms with Crippen LogP contribution >= 0.6 is 27.5 Å². The average Bonchev–Trinajstić information content (AvgIpc) is 3.42. The molecule has 1 N–H and O–H groups in total. The van der Waals surface area contributed by atoms with Crippen LogP contribution in [0.4, 0.5) is 5.69 Å². The second kappa shape index (κ2) is 9.93. The highest BCUT2D eigenvalue weighted by Crippen LogP contribution is 2.23. The number of hydrogen-bond acceptors (Lipinski definition) is 5. The first-order valence-electron chi connectivity index (χ1n) is 9.66. The lowest BCUT2D eigenvalue weighted by Crippen LogP contribution is -2.10. The van der Waals surface area contributed by atoms with Gasteiger partial charge in [0.25, 0.3) is 5.91 Å². The fourth-order valence-electron chi connectivity index (χ4n) is 2.86. The van der Waals surface area contributed by atoms with Crippen LogP contribution in [0.15, 0.2) is 75.9 Å². The number of furan rings is 1. The smallest absolute Gasteiger partial charge is 0.291 e. The Morgan fingerprint density at radius 3 is 2.75 bits per heavy atom. The summed E-state index contributed by atoms with van der Waals surface area (Å²) in [6.07, 6.45) is 3.21. The number of benzene rings is 2. The lowest BCUT2D eigenvalue weighted by atomic mass is 10.2. The molecule has 2 heterocycles. The standard InChI is InChI=1S/C23H19BrClN3O4/c1-15-10-17(25)4-8-21(15)30-13-20-7-9-22(32-20)23(29)27-18-11-26-28(12-18)14-31-19-5-2-16(24)3-6-19/h2-12H,13-14H2,1H3,(H,27,29). The van der Waals surface area contributed by atoms with Crippen molar-refractivity contribution in [3.8, 4) is 11.5 Å². The summed E-state index contributed by atoms with van der Waals surface area (Å²) in [7, 11) is 0. The molecule has 7 nitrogen and oxygen atoms in total. The number of nitrogens with zero attached hydrogens (tertiary/aromatic N) is 2. The Kier molecular flexibility index (Phi) is 6.82. The number of amides is 1. The first kappa shape index (κ1) is 22.0. The Morgan fingerprint density at radius 2 is 1.97 bits per heavy atom. The Labute approximate surface area is 198 Å². The number of rotatable bonds is 8. The molecule has 0 saturated carbocycles. The molecule has 9 heteroatoms. The van der Waals surface area contributed by atoms with Gasteiger partial charge in [-0.25, -0.2) is 4.68 Å². The summed E-state index contributed by atoms with van der Waals surface area (Å²) in [6.45, 7) is 2.32. The van der Waals surface area contributed by atoms with Crippen LogP contribution in [0, 0.1) is 6.92 Å². The highest BCUT2D eigenvalue weighted by Gasteiger charge is 2.13. The molecule has 0 radical (unpaired) electrons. The number of carbonyl (C=O) groups excluding carboxylic acids is 1. The number of aromatic nitrogens is 2. The maximum Gasteiger partial charge on any atom is 0.291 e. The molecule has 32 heavy (non-hydrogen) atoms. The zero-order chi connectivity index (χ0) is 22.5. The summed E-state index contributed by atoms with van der Waals surface area (Å²) in [5.41, 5.74) is 1.45. The molecule has 0 spiro atoms. The predicted octanol–water partition coefficient (Wildman–Crippen LogP) is 6.07. The first-order valence-corrected chi connectivity index (χ1v) is 10.8. The molecule has 2 aromatic carbocycles. The van der Waals surface area contributed by atoms with Crippen LogP contribution in [0.2, 0.25) is 5.02 Å². The van der Waals surface area contributed by atoms with Gasteiger partial charge in [0.15, 0.2) is 12.5 Å². The van der Waals surface area contributed by atoms with Crippen molar-refractivity contribution in [2.75, 3.05) is 5.32 Å². The second-order valence-corrected chi connectivity index (χ2v) is 8.27. The third-order valence-corrected chi connectivity index (χ3v) is 5.22. The molecule has 4 aromatic rings. The van der Waals surface area contributed by atoms with Crippen molar-refractivity contribution in [3.63, 3.8) is 0 Å². The van der Waals surface area contributed by atoms with Crippen LogP contribution in [0.1, 0.15) is 21.9 Å². The van der Waals surface area contributed by atoms with Gasteiger partial charge >= 0.3 is 0 Å². The summed E-state index contributed by atoms with van der Waals surface area (Å²) in [5.74, 6) is 1.74. The SMILES string of the molecule is Cc1cc(Cl)ccc1OCc1ccc(C(=O)Nc2cnn(COc3ccc(Br)cc3)c2)o1. The summed E-state index contributed by atoms with van der Waals surface area (Å²) in [6, 6.07) is 16.2. The summed E-state index contributed by atoms with van der Waals surface area (Å²) in [4.78, 5) is 12.5. The maximum absolute atomic E-state index is 12.5. The minimum absolute atomic E-state index is 0.176.